The van der Waals surface area contributed by atoms with Crippen molar-refractivity contribution in [1.29, 1.82) is 0 Å². The molecule has 0 spiro atoms. The summed E-state index contributed by atoms with van der Waals surface area (Å²) in [6.07, 6.45) is 0. The van der Waals surface area contributed by atoms with Gasteiger partial charge in [0, 0.05) is 10.2 Å². The van der Waals surface area contributed by atoms with Crippen LogP contribution in [-0.4, -0.2) is 25.1 Å². The van der Waals surface area contributed by atoms with Crippen molar-refractivity contribution in [3.63, 3.8) is 0 Å². The molecule has 0 unspecified atom stereocenters. The molecule has 126 valence electrons. The third-order valence-corrected chi connectivity index (χ3v) is 3.63. The van der Waals surface area contributed by atoms with Gasteiger partial charge >= 0.3 is 5.97 Å². The summed E-state index contributed by atoms with van der Waals surface area (Å²) < 4.78 is 11.2. The van der Waals surface area contributed by atoms with E-state index in [1.807, 2.05) is 13.0 Å². The van der Waals surface area contributed by atoms with Crippen molar-refractivity contribution in [2.24, 2.45) is 0 Å². The van der Waals surface area contributed by atoms with Gasteiger partial charge in [0.25, 0.3) is 5.91 Å². The summed E-state index contributed by atoms with van der Waals surface area (Å²) in [7, 11) is 0. The Kier molecular flexibility index (Phi) is 6.37. The molecular formula is C18H18BrNO4. The molecule has 2 rings (SSSR count). The van der Waals surface area contributed by atoms with E-state index in [4.69, 9.17) is 9.47 Å². The molecule has 0 aliphatic carbocycles. The van der Waals surface area contributed by atoms with E-state index in [9.17, 15) is 9.59 Å². The lowest BCUT2D eigenvalue weighted by molar-refractivity contribution is 0.0526. The molecule has 24 heavy (non-hydrogen) atoms. The molecule has 0 aliphatic heterocycles. The second-order valence-electron chi connectivity index (χ2n) is 4.83. The highest BCUT2D eigenvalue weighted by Crippen LogP contribution is 2.24. The fraction of sp³-hybridized carbons (Fsp3) is 0.222. The van der Waals surface area contributed by atoms with Crippen molar-refractivity contribution in [1.82, 2.24) is 0 Å². The molecule has 1 N–H and O–H groups in total. The molecule has 5 nitrogen and oxygen atoms in total. The largest absolute Gasteiger partial charge is 0.493 e. The van der Waals surface area contributed by atoms with Gasteiger partial charge in [-0.3, -0.25) is 4.79 Å². The summed E-state index contributed by atoms with van der Waals surface area (Å²) >= 11 is 3.35. The van der Waals surface area contributed by atoms with Crippen molar-refractivity contribution in [3.05, 3.63) is 58.1 Å². The third-order valence-electron chi connectivity index (χ3n) is 3.14. The Morgan fingerprint density at radius 1 is 1.04 bits per heavy atom. The Bertz CT molecular complexity index is 728. The number of amides is 1. The first-order valence-electron chi connectivity index (χ1n) is 7.56. The fourth-order valence-electron chi connectivity index (χ4n) is 2.06. The number of nitrogens with one attached hydrogen (secondary N) is 1. The zero-order valence-electron chi connectivity index (χ0n) is 13.5. The molecule has 0 radical (unpaired) electrons. The molecule has 2 aromatic rings. The van der Waals surface area contributed by atoms with Gasteiger partial charge in [0.2, 0.25) is 0 Å². The van der Waals surface area contributed by atoms with Gasteiger partial charge in [0.1, 0.15) is 5.75 Å². The molecule has 0 bridgehead atoms. The number of carbonyl (C=O) groups excluding carboxylic acids is 2. The number of ether oxygens (including phenoxy) is 2. The van der Waals surface area contributed by atoms with Crippen LogP contribution in [0.5, 0.6) is 5.75 Å². The lowest BCUT2D eigenvalue weighted by Crippen LogP contribution is -2.14. The molecule has 0 atom stereocenters. The van der Waals surface area contributed by atoms with E-state index < -0.39 is 0 Å². The Morgan fingerprint density at radius 3 is 2.38 bits per heavy atom. The normalized spacial score (nSPS) is 10.1. The lowest BCUT2D eigenvalue weighted by atomic mass is 10.1. The number of hydrogen-bond acceptors (Lipinski definition) is 4. The summed E-state index contributed by atoms with van der Waals surface area (Å²) in [5, 5.41) is 2.79. The second kappa shape index (κ2) is 8.49. The summed E-state index contributed by atoms with van der Waals surface area (Å²) in [5.74, 6) is -0.161. The first-order chi connectivity index (χ1) is 11.5. The Morgan fingerprint density at radius 2 is 1.75 bits per heavy atom. The van der Waals surface area contributed by atoms with E-state index in [2.05, 4.69) is 21.2 Å². The van der Waals surface area contributed by atoms with Crippen LogP contribution in [0.3, 0.4) is 0 Å². The van der Waals surface area contributed by atoms with E-state index in [1.54, 1.807) is 43.3 Å². The zero-order valence-corrected chi connectivity index (χ0v) is 15.1. The van der Waals surface area contributed by atoms with Crippen molar-refractivity contribution in [2.45, 2.75) is 13.8 Å². The van der Waals surface area contributed by atoms with Crippen LogP contribution in [0.4, 0.5) is 5.69 Å². The molecule has 0 saturated heterocycles. The number of esters is 1. The first-order valence-corrected chi connectivity index (χ1v) is 8.35. The fourth-order valence-corrected chi connectivity index (χ4v) is 2.42. The summed E-state index contributed by atoms with van der Waals surface area (Å²) in [4.78, 5) is 24.1. The molecule has 0 aromatic heterocycles. The van der Waals surface area contributed by atoms with Crippen molar-refractivity contribution in [3.8, 4) is 5.75 Å². The van der Waals surface area contributed by atoms with E-state index >= 15 is 0 Å². The Balaban J connectivity index is 2.15. The smallest absolute Gasteiger partial charge is 0.338 e. The minimum atomic E-state index is -0.388. The Hall–Kier alpha value is -2.34. The van der Waals surface area contributed by atoms with Crippen LogP contribution in [0.1, 0.15) is 34.6 Å². The van der Waals surface area contributed by atoms with Gasteiger partial charge < -0.3 is 14.8 Å². The van der Waals surface area contributed by atoms with Crippen LogP contribution in [0.15, 0.2) is 46.9 Å². The van der Waals surface area contributed by atoms with Gasteiger partial charge in [-0.2, -0.15) is 0 Å². The van der Waals surface area contributed by atoms with Crippen LogP contribution < -0.4 is 10.1 Å². The van der Waals surface area contributed by atoms with Crippen molar-refractivity contribution in [2.75, 3.05) is 18.5 Å². The highest BCUT2D eigenvalue weighted by molar-refractivity contribution is 9.10. The monoisotopic (exact) mass is 391 g/mol. The molecule has 0 saturated carbocycles. The van der Waals surface area contributed by atoms with Crippen LogP contribution >= 0.6 is 15.9 Å². The number of benzene rings is 2. The quantitative estimate of drug-likeness (QED) is 0.746. The van der Waals surface area contributed by atoms with Gasteiger partial charge in [0.05, 0.1) is 24.3 Å². The van der Waals surface area contributed by atoms with E-state index in [1.165, 1.54) is 0 Å². The molecule has 2 aromatic carbocycles. The average Bonchev–Trinajstić information content (AvgIpc) is 2.57. The van der Waals surface area contributed by atoms with Crippen molar-refractivity contribution < 1.29 is 19.1 Å². The highest BCUT2D eigenvalue weighted by atomic mass is 79.9. The van der Waals surface area contributed by atoms with Gasteiger partial charge in [0.15, 0.2) is 0 Å². The first kappa shape index (κ1) is 18.0. The van der Waals surface area contributed by atoms with Gasteiger partial charge in [-0.15, -0.1) is 0 Å². The molecule has 0 fully saturated rings. The predicted molar refractivity (Wildman–Crippen MR) is 95.7 cm³/mol. The minimum absolute atomic E-state index is 0.288. The standard InChI is InChI=1S/C18H18BrNO4/c1-3-23-16-10-7-13(19)11-15(16)17(21)20-14-8-5-12(6-9-14)18(22)24-4-2/h5-11H,3-4H2,1-2H3,(H,20,21). The highest BCUT2D eigenvalue weighted by Gasteiger charge is 2.14. The summed E-state index contributed by atoms with van der Waals surface area (Å²) in [6, 6.07) is 11.8. The molecule has 6 heteroatoms. The zero-order chi connectivity index (χ0) is 17.5. The minimum Gasteiger partial charge on any atom is -0.493 e. The number of halogens is 1. The van der Waals surface area contributed by atoms with Crippen LogP contribution in [-0.2, 0) is 4.74 Å². The SMILES string of the molecule is CCOC(=O)c1ccc(NC(=O)c2cc(Br)ccc2OCC)cc1. The van der Waals surface area contributed by atoms with Gasteiger partial charge in [-0.1, -0.05) is 15.9 Å². The Labute approximate surface area is 149 Å². The van der Waals surface area contributed by atoms with E-state index in [-0.39, 0.29) is 11.9 Å². The van der Waals surface area contributed by atoms with E-state index in [0.717, 1.165) is 4.47 Å². The number of anilines is 1. The summed E-state index contributed by atoms with van der Waals surface area (Å²) in [6.45, 7) is 4.40. The summed E-state index contributed by atoms with van der Waals surface area (Å²) in [5.41, 5.74) is 1.45. The maximum atomic E-state index is 12.5. The maximum Gasteiger partial charge on any atom is 0.338 e. The molecule has 0 aliphatic rings. The second-order valence-corrected chi connectivity index (χ2v) is 5.74. The van der Waals surface area contributed by atoms with E-state index in [0.29, 0.717) is 35.8 Å². The molecule has 0 heterocycles. The van der Waals surface area contributed by atoms with Crippen LogP contribution in [0, 0.1) is 0 Å². The average molecular weight is 392 g/mol. The number of rotatable bonds is 6. The van der Waals surface area contributed by atoms with Crippen LogP contribution in [0.25, 0.3) is 0 Å². The maximum absolute atomic E-state index is 12.5. The predicted octanol–water partition coefficient (Wildman–Crippen LogP) is 4.28. The van der Waals surface area contributed by atoms with Crippen molar-refractivity contribution >= 4 is 33.5 Å². The number of hydrogen-bond donors (Lipinski definition) is 1. The molecule has 1 amide bonds. The topological polar surface area (TPSA) is 64.6 Å². The van der Waals surface area contributed by atoms with Gasteiger partial charge in [-0.25, -0.2) is 4.79 Å². The third kappa shape index (κ3) is 4.58. The van der Waals surface area contributed by atoms with Gasteiger partial charge in [-0.05, 0) is 56.3 Å². The number of carbonyl (C=O) groups is 2. The molecular weight excluding hydrogens is 374 g/mol. The lowest BCUT2D eigenvalue weighted by Gasteiger charge is -2.11. The van der Waals surface area contributed by atoms with Crippen LogP contribution in [0.2, 0.25) is 0 Å².